The molecule has 0 N–H and O–H groups in total. The number of ether oxygens (including phenoxy) is 7. The highest BCUT2D eigenvalue weighted by Crippen LogP contribution is 2.40. The van der Waals surface area contributed by atoms with Crippen LogP contribution in [0.2, 0.25) is 0 Å². The minimum Gasteiger partial charge on any atom is -0.463 e. The second kappa shape index (κ2) is 13.9. The van der Waals surface area contributed by atoms with Gasteiger partial charge in [0.25, 0.3) is 5.60 Å². The molecule has 1 fully saturated rings. The molecule has 12 heteroatoms. The fourth-order valence-corrected chi connectivity index (χ4v) is 4.14. The monoisotopic (exact) mass is 550 g/mol. The summed E-state index contributed by atoms with van der Waals surface area (Å²) in [6.45, 7) is 9.39. The topological polar surface area (TPSA) is 150 Å². The third-order valence-corrected chi connectivity index (χ3v) is 5.70. The van der Waals surface area contributed by atoms with Crippen LogP contribution in [0, 0.1) is 0 Å². The summed E-state index contributed by atoms with van der Waals surface area (Å²) in [7, 11) is 0. The number of carbonyl (C=O) groups is 5. The van der Waals surface area contributed by atoms with Crippen molar-refractivity contribution < 1.29 is 57.1 Å². The molecule has 0 bridgehead atoms. The van der Waals surface area contributed by atoms with E-state index in [-0.39, 0.29) is 19.6 Å². The van der Waals surface area contributed by atoms with E-state index in [1.165, 1.54) is 0 Å². The van der Waals surface area contributed by atoms with Crippen LogP contribution >= 0.6 is 0 Å². The molecule has 12 nitrogen and oxygen atoms in total. The quantitative estimate of drug-likeness (QED) is 0.153. The number of benzene rings is 1. The number of esters is 5. The number of hydrogen-bond acceptors (Lipinski definition) is 12. The van der Waals surface area contributed by atoms with Crippen LogP contribution in [0.4, 0.5) is 0 Å². The summed E-state index contributed by atoms with van der Waals surface area (Å²) in [5, 5.41) is 0. The van der Waals surface area contributed by atoms with E-state index in [0.29, 0.717) is 5.56 Å². The molecule has 0 aromatic heterocycles. The van der Waals surface area contributed by atoms with Gasteiger partial charge in [-0.2, -0.15) is 0 Å². The fraction of sp³-hybridized carbons (Fsp3) is 0.519. The second-order valence-electron chi connectivity index (χ2n) is 8.53. The SMILES string of the molecule is C=C[C@@]1(OC(C)=O)[C@@H](COC(Cc2ccccc2)(C(=O)OCC)C(=O)OCC)OC(OC(C)=O)[C@@H]1OC(C)=O. The largest absolute Gasteiger partial charge is 0.463 e. The van der Waals surface area contributed by atoms with Gasteiger partial charge in [-0.25, -0.2) is 9.59 Å². The summed E-state index contributed by atoms with van der Waals surface area (Å²) in [5.41, 5.74) is -3.67. The summed E-state index contributed by atoms with van der Waals surface area (Å²) < 4.78 is 38.3. The van der Waals surface area contributed by atoms with Gasteiger partial charge >= 0.3 is 29.8 Å². The van der Waals surface area contributed by atoms with E-state index in [4.69, 9.17) is 33.2 Å². The maximum Gasteiger partial charge on any atom is 0.350 e. The highest BCUT2D eigenvalue weighted by molar-refractivity contribution is 6.04. The van der Waals surface area contributed by atoms with Crippen molar-refractivity contribution >= 4 is 29.8 Å². The molecule has 0 aliphatic carbocycles. The molecular formula is C27H34O12. The van der Waals surface area contributed by atoms with Crippen LogP contribution in [0.25, 0.3) is 0 Å². The Morgan fingerprint density at radius 1 is 0.923 bits per heavy atom. The molecule has 0 radical (unpaired) electrons. The average Bonchev–Trinajstić information content (AvgIpc) is 3.13. The highest BCUT2D eigenvalue weighted by atomic mass is 16.8. The molecule has 4 atom stereocenters. The minimum absolute atomic E-state index is 0.0643. The van der Waals surface area contributed by atoms with Crippen molar-refractivity contribution in [3.63, 3.8) is 0 Å². The zero-order valence-electron chi connectivity index (χ0n) is 22.6. The van der Waals surface area contributed by atoms with Crippen molar-refractivity contribution in [3.8, 4) is 0 Å². The standard InChI is InChI=1S/C27H34O12/c1-7-26(39-19(6)30)21(38-23(37-18(5)29)22(26)36-17(4)28)16-35-27(24(31)33-8-2,25(32)34-9-3)15-20-13-11-10-12-14-20/h7,10-14,21-23H,1,8-9,15-16H2,2-6H3/t21-,22+,23?,26-/m1/s1. The first-order chi connectivity index (χ1) is 18.4. The number of hydrogen-bond donors (Lipinski definition) is 0. The molecule has 1 aromatic rings. The van der Waals surface area contributed by atoms with Gasteiger partial charge < -0.3 is 33.2 Å². The Hall–Kier alpha value is -3.77. The van der Waals surface area contributed by atoms with Crippen LogP contribution in [0.3, 0.4) is 0 Å². The van der Waals surface area contributed by atoms with Crippen LogP contribution in [-0.4, -0.2) is 79.4 Å². The van der Waals surface area contributed by atoms with E-state index in [0.717, 1.165) is 26.8 Å². The molecule has 0 spiro atoms. The Morgan fingerprint density at radius 3 is 1.95 bits per heavy atom. The van der Waals surface area contributed by atoms with E-state index >= 15 is 0 Å². The van der Waals surface area contributed by atoms with Crippen LogP contribution in [0.1, 0.15) is 40.2 Å². The maximum absolute atomic E-state index is 13.3. The van der Waals surface area contributed by atoms with Gasteiger partial charge in [0.15, 0.2) is 0 Å². The lowest BCUT2D eigenvalue weighted by Gasteiger charge is -2.35. The number of carbonyl (C=O) groups excluding carboxylic acids is 5. The predicted molar refractivity (Wildman–Crippen MR) is 133 cm³/mol. The summed E-state index contributed by atoms with van der Waals surface area (Å²) in [5.74, 6) is -4.42. The lowest BCUT2D eigenvalue weighted by Crippen LogP contribution is -2.57. The van der Waals surface area contributed by atoms with Gasteiger partial charge in [-0.05, 0) is 25.5 Å². The predicted octanol–water partition coefficient (Wildman–Crippen LogP) is 1.82. The van der Waals surface area contributed by atoms with E-state index < -0.39 is 66.2 Å². The third kappa shape index (κ3) is 7.42. The van der Waals surface area contributed by atoms with Gasteiger partial charge in [-0.3, -0.25) is 14.4 Å². The molecule has 2 rings (SSSR count). The van der Waals surface area contributed by atoms with Gasteiger partial charge in [0.05, 0.1) is 19.8 Å². The molecule has 1 unspecified atom stereocenters. The van der Waals surface area contributed by atoms with Crippen molar-refractivity contribution in [2.45, 2.75) is 70.7 Å². The number of rotatable bonds is 13. The van der Waals surface area contributed by atoms with Crippen molar-refractivity contribution in [2.24, 2.45) is 0 Å². The van der Waals surface area contributed by atoms with Crippen LogP contribution in [0.5, 0.6) is 0 Å². The molecule has 39 heavy (non-hydrogen) atoms. The fourth-order valence-electron chi connectivity index (χ4n) is 4.14. The minimum atomic E-state index is -2.30. The second-order valence-corrected chi connectivity index (χ2v) is 8.53. The van der Waals surface area contributed by atoms with Gasteiger partial charge in [0.2, 0.25) is 18.0 Å². The summed E-state index contributed by atoms with van der Waals surface area (Å²) in [6.07, 6.45) is -3.51. The summed E-state index contributed by atoms with van der Waals surface area (Å²) >= 11 is 0. The highest BCUT2D eigenvalue weighted by Gasteiger charge is 2.63. The Balaban J connectivity index is 2.59. The molecule has 1 saturated heterocycles. The van der Waals surface area contributed by atoms with Crippen molar-refractivity contribution in [2.75, 3.05) is 19.8 Å². The van der Waals surface area contributed by atoms with Crippen LogP contribution in [0.15, 0.2) is 43.0 Å². The average molecular weight is 551 g/mol. The lowest BCUT2D eigenvalue weighted by molar-refractivity contribution is -0.206. The van der Waals surface area contributed by atoms with E-state index in [9.17, 15) is 24.0 Å². The van der Waals surface area contributed by atoms with E-state index in [1.54, 1.807) is 44.2 Å². The maximum atomic E-state index is 13.3. The van der Waals surface area contributed by atoms with E-state index in [2.05, 4.69) is 6.58 Å². The smallest absolute Gasteiger partial charge is 0.350 e. The molecule has 0 saturated carbocycles. The zero-order chi connectivity index (χ0) is 29.2. The van der Waals surface area contributed by atoms with Crippen molar-refractivity contribution in [3.05, 3.63) is 48.6 Å². The zero-order valence-corrected chi connectivity index (χ0v) is 22.6. The molecule has 214 valence electrons. The molecule has 1 heterocycles. The first-order valence-electron chi connectivity index (χ1n) is 12.3. The van der Waals surface area contributed by atoms with Gasteiger partial charge in [-0.1, -0.05) is 36.9 Å². The van der Waals surface area contributed by atoms with Gasteiger partial charge in [-0.15, -0.1) is 0 Å². The van der Waals surface area contributed by atoms with Crippen LogP contribution in [-0.2, 0) is 63.6 Å². The molecule has 1 aliphatic rings. The molecule has 1 aliphatic heterocycles. The Morgan fingerprint density at radius 2 is 1.49 bits per heavy atom. The first kappa shape index (κ1) is 31.4. The Labute approximate surface area is 226 Å². The Kier molecular flexibility index (Phi) is 11.2. The van der Waals surface area contributed by atoms with Crippen molar-refractivity contribution in [1.29, 1.82) is 0 Å². The first-order valence-corrected chi connectivity index (χ1v) is 12.3. The lowest BCUT2D eigenvalue weighted by atomic mass is 9.91. The third-order valence-electron chi connectivity index (χ3n) is 5.70. The van der Waals surface area contributed by atoms with E-state index in [1.807, 2.05) is 0 Å². The van der Waals surface area contributed by atoms with Gasteiger partial charge in [0, 0.05) is 27.2 Å². The molecule has 0 amide bonds. The molecule has 1 aromatic carbocycles. The summed E-state index contributed by atoms with van der Waals surface area (Å²) in [6, 6.07) is 8.56. The summed E-state index contributed by atoms with van der Waals surface area (Å²) in [4.78, 5) is 62.4. The van der Waals surface area contributed by atoms with Crippen molar-refractivity contribution in [1.82, 2.24) is 0 Å². The van der Waals surface area contributed by atoms with Gasteiger partial charge in [0.1, 0.15) is 6.10 Å². The Bertz CT molecular complexity index is 1030. The van der Waals surface area contributed by atoms with Crippen LogP contribution < -0.4 is 0 Å². The normalized spacial score (nSPS) is 22.3. The molecular weight excluding hydrogens is 516 g/mol.